The van der Waals surface area contributed by atoms with Gasteiger partial charge in [-0.05, 0) is 32.1 Å². The number of anilines is 1. The average Bonchev–Trinajstić information content (AvgIpc) is 2.81. The topological polar surface area (TPSA) is 62.7 Å². The summed E-state index contributed by atoms with van der Waals surface area (Å²) in [6, 6.07) is 0. The number of ether oxygens (including phenoxy) is 1. The molecule has 0 amide bonds. The van der Waals surface area contributed by atoms with E-state index in [1.807, 2.05) is 6.92 Å². The van der Waals surface area contributed by atoms with Crippen molar-refractivity contribution in [2.24, 2.45) is 5.92 Å². The molecule has 0 aromatic carbocycles. The van der Waals surface area contributed by atoms with Crippen LogP contribution in [0.25, 0.3) is 0 Å². The summed E-state index contributed by atoms with van der Waals surface area (Å²) in [6.45, 7) is 4.01. The molecule has 0 saturated carbocycles. The van der Waals surface area contributed by atoms with Crippen molar-refractivity contribution in [3.8, 4) is 0 Å². The summed E-state index contributed by atoms with van der Waals surface area (Å²) in [4.78, 5) is 19.1. The van der Waals surface area contributed by atoms with Gasteiger partial charge in [0.2, 0.25) is 0 Å². The number of aromatic nitrogens is 1. The molecule has 0 aliphatic carbocycles. The van der Waals surface area contributed by atoms with Crippen LogP contribution in [0.4, 0.5) is 5.13 Å². The number of carbonyl (C=O) groups is 1. The Morgan fingerprint density at radius 2 is 2.42 bits per heavy atom. The van der Waals surface area contributed by atoms with Crippen molar-refractivity contribution in [1.29, 1.82) is 0 Å². The van der Waals surface area contributed by atoms with Gasteiger partial charge in [-0.2, -0.15) is 0 Å². The molecule has 106 valence electrons. The van der Waals surface area contributed by atoms with Crippen molar-refractivity contribution in [2.75, 3.05) is 31.7 Å². The van der Waals surface area contributed by atoms with Gasteiger partial charge in [-0.3, -0.25) is 0 Å². The highest BCUT2D eigenvalue weighted by molar-refractivity contribution is 7.15. The summed E-state index contributed by atoms with van der Waals surface area (Å²) < 4.78 is 4.73. The number of aliphatic hydroxyl groups excluding tert-OH is 1. The molecule has 1 unspecified atom stereocenters. The summed E-state index contributed by atoms with van der Waals surface area (Å²) in [5.74, 6) is 0.147. The highest BCUT2D eigenvalue weighted by atomic mass is 32.1. The standard InChI is InChI=1S/C13H20N2O3S/c1-9-11(12(17)18-2)14-13(19-9)15-6-3-4-10(8-15)5-7-16/h10,16H,3-8H2,1-2H3. The maximum Gasteiger partial charge on any atom is 0.357 e. The SMILES string of the molecule is COC(=O)c1nc(N2CCCC(CCO)C2)sc1C. The van der Waals surface area contributed by atoms with E-state index in [2.05, 4.69) is 9.88 Å². The molecular formula is C13H20N2O3S. The average molecular weight is 284 g/mol. The van der Waals surface area contributed by atoms with Crippen molar-refractivity contribution in [3.63, 3.8) is 0 Å². The molecule has 1 aliphatic heterocycles. The summed E-state index contributed by atoms with van der Waals surface area (Å²) >= 11 is 1.54. The van der Waals surface area contributed by atoms with Gasteiger partial charge in [-0.15, -0.1) is 11.3 Å². The number of rotatable bonds is 4. The van der Waals surface area contributed by atoms with Gasteiger partial charge in [0, 0.05) is 24.6 Å². The third-order valence-electron chi connectivity index (χ3n) is 3.49. The molecule has 19 heavy (non-hydrogen) atoms. The number of thiazole rings is 1. The van der Waals surface area contributed by atoms with Crippen LogP contribution in [0.3, 0.4) is 0 Å². The largest absolute Gasteiger partial charge is 0.464 e. The van der Waals surface area contributed by atoms with Crippen LogP contribution in [0, 0.1) is 12.8 Å². The van der Waals surface area contributed by atoms with Crippen molar-refractivity contribution in [1.82, 2.24) is 4.98 Å². The van der Waals surface area contributed by atoms with Gasteiger partial charge in [0.15, 0.2) is 10.8 Å². The highest BCUT2D eigenvalue weighted by Crippen LogP contribution is 2.30. The number of methoxy groups -OCH3 is 1. The Kier molecular flexibility index (Phi) is 4.76. The van der Waals surface area contributed by atoms with E-state index in [0.29, 0.717) is 11.6 Å². The molecule has 5 nitrogen and oxygen atoms in total. The molecule has 1 fully saturated rings. The van der Waals surface area contributed by atoms with Gasteiger partial charge in [0.05, 0.1) is 7.11 Å². The fourth-order valence-electron chi connectivity index (χ4n) is 2.46. The minimum atomic E-state index is -0.371. The lowest BCUT2D eigenvalue weighted by atomic mass is 9.95. The number of aliphatic hydroxyl groups is 1. The zero-order valence-corrected chi connectivity index (χ0v) is 12.2. The molecule has 6 heteroatoms. The molecule has 2 heterocycles. The van der Waals surface area contributed by atoms with Gasteiger partial charge in [0.25, 0.3) is 0 Å². The number of hydrogen-bond acceptors (Lipinski definition) is 6. The molecule has 0 bridgehead atoms. The van der Waals surface area contributed by atoms with E-state index in [-0.39, 0.29) is 12.6 Å². The zero-order chi connectivity index (χ0) is 13.8. The Morgan fingerprint density at radius 1 is 1.63 bits per heavy atom. The monoisotopic (exact) mass is 284 g/mol. The third-order valence-corrected chi connectivity index (χ3v) is 4.52. The number of hydrogen-bond donors (Lipinski definition) is 1. The van der Waals surface area contributed by atoms with E-state index in [1.165, 1.54) is 18.4 Å². The van der Waals surface area contributed by atoms with Crippen LogP contribution in [0.15, 0.2) is 0 Å². The van der Waals surface area contributed by atoms with Crippen molar-refractivity contribution in [2.45, 2.75) is 26.2 Å². The van der Waals surface area contributed by atoms with Crippen LogP contribution < -0.4 is 4.90 Å². The summed E-state index contributed by atoms with van der Waals surface area (Å²) in [5, 5.41) is 9.92. The number of esters is 1. The normalized spacial score (nSPS) is 19.5. The first kappa shape index (κ1) is 14.3. The fourth-order valence-corrected chi connectivity index (χ4v) is 3.39. The third kappa shape index (κ3) is 3.25. The van der Waals surface area contributed by atoms with Crippen LogP contribution in [0.5, 0.6) is 0 Å². The molecular weight excluding hydrogens is 264 g/mol. The molecule has 1 aromatic rings. The van der Waals surface area contributed by atoms with Gasteiger partial charge >= 0.3 is 5.97 Å². The molecule has 0 spiro atoms. The molecule has 1 N–H and O–H groups in total. The first-order valence-corrected chi connectivity index (χ1v) is 7.39. The van der Waals surface area contributed by atoms with Gasteiger partial charge in [-0.1, -0.05) is 0 Å². The number of aryl methyl sites for hydroxylation is 1. The minimum absolute atomic E-state index is 0.239. The second-order valence-corrected chi connectivity index (χ2v) is 6.04. The van der Waals surface area contributed by atoms with Crippen molar-refractivity contribution < 1.29 is 14.6 Å². The fraction of sp³-hybridized carbons (Fsp3) is 0.692. The predicted molar refractivity (Wildman–Crippen MR) is 74.8 cm³/mol. The lowest BCUT2D eigenvalue weighted by Gasteiger charge is -2.32. The van der Waals surface area contributed by atoms with Crippen LogP contribution in [0.1, 0.15) is 34.6 Å². The lowest BCUT2D eigenvalue weighted by molar-refractivity contribution is 0.0594. The molecule has 1 atom stereocenters. The molecule has 1 aromatic heterocycles. The van der Waals surface area contributed by atoms with Crippen molar-refractivity contribution >= 4 is 22.4 Å². The van der Waals surface area contributed by atoms with Crippen molar-refractivity contribution in [3.05, 3.63) is 10.6 Å². The summed E-state index contributed by atoms with van der Waals surface area (Å²) in [5.41, 5.74) is 0.423. The van der Waals surface area contributed by atoms with Crippen LogP contribution in [0.2, 0.25) is 0 Å². The van der Waals surface area contributed by atoms with E-state index in [0.717, 1.165) is 42.4 Å². The second kappa shape index (κ2) is 6.34. The van der Waals surface area contributed by atoms with Crippen LogP contribution in [-0.2, 0) is 4.74 Å². The quantitative estimate of drug-likeness (QED) is 0.855. The molecule has 1 saturated heterocycles. The maximum atomic E-state index is 11.6. The lowest BCUT2D eigenvalue weighted by Crippen LogP contribution is -2.35. The predicted octanol–water partition coefficient (Wildman–Crippen LogP) is 1.84. The zero-order valence-electron chi connectivity index (χ0n) is 11.4. The van der Waals surface area contributed by atoms with E-state index in [1.54, 1.807) is 0 Å². The Morgan fingerprint density at radius 3 is 3.11 bits per heavy atom. The first-order valence-electron chi connectivity index (χ1n) is 6.57. The first-order chi connectivity index (χ1) is 9.15. The Bertz CT molecular complexity index is 445. The highest BCUT2D eigenvalue weighted by Gasteiger charge is 2.24. The minimum Gasteiger partial charge on any atom is -0.464 e. The number of nitrogens with zero attached hydrogens (tertiary/aromatic N) is 2. The van der Waals surface area contributed by atoms with Gasteiger partial charge in [0.1, 0.15) is 0 Å². The van der Waals surface area contributed by atoms with Crippen LogP contribution in [-0.4, -0.2) is 42.9 Å². The van der Waals surface area contributed by atoms with E-state index < -0.39 is 0 Å². The number of piperidine rings is 1. The Labute approximate surface area is 117 Å². The summed E-state index contributed by atoms with van der Waals surface area (Å²) in [6.07, 6.45) is 3.10. The van der Waals surface area contributed by atoms with Gasteiger partial charge < -0.3 is 14.7 Å². The molecule has 1 aliphatic rings. The van der Waals surface area contributed by atoms with E-state index in [4.69, 9.17) is 9.84 Å². The molecule has 0 radical (unpaired) electrons. The second-order valence-electron chi connectivity index (χ2n) is 4.86. The smallest absolute Gasteiger partial charge is 0.357 e. The van der Waals surface area contributed by atoms with Crippen LogP contribution >= 0.6 is 11.3 Å². The van der Waals surface area contributed by atoms with E-state index >= 15 is 0 Å². The van der Waals surface area contributed by atoms with E-state index in [9.17, 15) is 4.79 Å². The molecule has 2 rings (SSSR count). The van der Waals surface area contributed by atoms with Gasteiger partial charge in [-0.25, -0.2) is 9.78 Å². The Hall–Kier alpha value is -1.14. The maximum absolute atomic E-state index is 11.6. The summed E-state index contributed by atoms with van der Waals surface area (Å²) in [7, 11) is 1.37. The number of carbonyl (C=O) groups excluding carboxylic acids is 1. The Balaban J connectivity index is 2.11.